The first-order valence-electron chi connectivity index (χ1n) is 5.19. The van der Waals surface area contributed by atoms with Crippen LogP contribution in [0.1, 0.15) is 19.8 Å². The fourth-order valence-electron chi connectivity index (χ4n) is 1.26. The van der Waals surface area contributed by atoms with Crippen LogP contribution in [0.4, 0.5) is 0 Å². The minimum atomic E-state index is -1.35. The zero-order valence-corrected chi connectivity index (χ0v) is 10.1. The van der Waals surface area contributed by atoms with Crippen LogP contribution in [0, 0.1) is 0 Å². The van der Waals surface area contributed by atoms with Gasteiger partial charge in [-0.05, 0) is 14.0 Å². The Bertz CT molecular complexity index is 354. The van der Waals surface area contributed by atoms with Crippen molar-refractivity contribution in [3.63, 3.8) is 0 Å². The van der Waals surface area contributed by atoms with Gasteiger partial charge < -0.3 is 20.8 Å². The summed E-state index contributed by atoms with van der Waals surface area (Å²) in [5.74, 6) is -3.69. The number of aliphatic carboxylic acids is 2. The van der Waals surface area contributed by atoms with Crippen molar-refractivity contribution in [2.45, 2.75) is 31.8 Å². The highest BCUT2D eigenvalue weighted by Gasteiger charge is 2.26. The topological polar surface area (TPSA) is 133 Å². The van der Waals surface area contributed by atoms with E-state index in [2.05, 4.69) is 10.6 Å². The molecule has 0 radical (unpaired) electrons. The van der Waals surface area contributed by atoms with E-state index in [0.717, 1.165) is 0 Å². The number of carboxylic acid groups (broad SMARTS) is 2. The Morgan fingerprint density at radius 2 is 1.61 bits per heavy atom. The number of nitrogens with one attached hydrogen (secondary N) is 2. The lowest BCUT2D eigenvalue weighted by atomic mass is 10.1. The van der Waals surface area contributed by atoms with Crippen LogP contribution in [-0.4, -0.2) is 53.0 Å². The van der Waals surface area contributed by atoms with Gasteiger partial charge in [-0.15, -0.1) is 0 Å². The van der Waals surface area contributed by atoms with Crippen molar-refractivity contribution in [1.29, 1.82) is 0 Å². The van der Waals surface area contributed by atoms with Gasteiger partial charge >= 0.3 is 11.9 Å². The molecule has 0 aliphatic rings. The van der Waals surface area contributed by atoms with Crippen molar-refractivity contribution in [2.75, 3.05) is 7.05 Å². The van der Waals surface area contributed by atoms with Crippen LogP contribution in [0.15, 0.2) is 0 Å². The first-order chi connectivity index (χ1) is 8.27. The quantitative estimate of drug-likeness (QED) is 0.421. The number of likely N-dealkylation sites (N-methyl/N-ethyl adjacent to an activating group) is 1. The zero-order valence-electron chi connectivity index (χ0n) is 10.1. The molecule has 0 bridgehead atoms. The fourth-order valence-corrected chi connectivity index (χ4v) is 1.26. The molecular weight excluding hydrogens is 244 g/mol. The summed E-state index contributed by atoms with van der Waals surface area (Å²) in [6.07, 6.45) is -0.820. The molecule has 2 unspecified atom stereocenters. The van der Waals surface area contributed by atoms with Gasteiger partial charge in [0.1, 0.15) is 11.8 Å². The standard InChI is InChI=1S/C10H16N2O6/c1-5(13)3-7(10(17)18)12-9(16)6(11-2)4-8(14)15/h6-7,11H,3-4H2,1-2H3,(H,12,16)(H,14,15)(H,17,18). The van der Waals surface area contributed by atoms with Gasteiger partial charge in [-0.1, -0.05) is 0 Å². The highest BCUT2D eigenvalue weighted by atomic mass is 16.4. The Balaban J connectivity index is 4.60. The third kappa shape index (κ3) is 5.94. The lowest BCUT2D eigenvalue weighted by Crippen LogP contribution is -2.50. The molecule has 0 aromatic rings. The van der Waals surface area contributed by atoms with Gasteiger partial charge in [0, 0.05) is 6.42 Å². The van der Waals surface area contributed by atoms with Crippen LogP contribution < -0.4 is 10.6 Å². The summed E-state index contributed by atoms with van der Waals surface area (Å²) in [5.41, 5.74) is 0. The number of carbonyl (C=O) groups is 4. The molecule has 0 spiro atoms. The molecule has 0 aromatic carbocycles. The minimum Gasteiger partial charge on any atom is -0.481 e. The molecule has 2 atom stereocenters. The predicted molar refractivity (Wildman–Crippen MR) is 60.0 cm³/mol. The molecule has 0 fully saturated rings. The summed E-state index contributed by atoms with van der Waals surface area (Å²) in [6.45, 7) is 1.20. The Morgan fingerprint density at radius 3 is 1.94 bits per heavy atom. The van der Waals surface area contributed by atoms with Crippen LogP contribution in [0.25, 0.3) is 0 Å². The molecule has 18 heavy (non-hydrogen) atoms. The Hall–Kier alpha value is -1.96. The molecule has 8 nitrogen and oxygen atoms in total. The molecule has 0 heterocycles. The summed E-state index contributed by atoms with van der Waals surface area (Å²) in [4.78, 5) is 43.7. The highest BCUT2D eigenvalue weighted by molar-refractivity contribution is 5.91. The van der Waals surface area contributed by atoms with Gasteiger partial charge in [-0.25, -0.2) is 4.79 Å². The zero-order chi connectivity index (χ0) is 14.3. The molecule has 0 aromatic heterocycles. The van der Waals surface area contributed by atoms with Gasteiger partial charge in [-0.3, -0.25) is 14.4 Å². The SMILES string of the molecule is CNC(CC(=O)O)C(=O)NC(CC(C)=O)C(=O)O. The van der Waals surface area contributed by atoms with Crippen LogP contribution in [-0.2, 0) is 19.2 Å². The number of ketones is 1. The van der Waals surface area contributed by atoms with E-state index in [1.165, 1.54) is 14.0 Å². The van der Waals surface area contributed by atoms with Gasteiger partial charge in [0.25, 0.3) is 0 Å². The van der Waals surface area contributed by atoms with Crippen molar-refractivity contribution in [1.82, 2.24) is 10.6 Å². The Morgan fingerprint density at radius 1 is 1.06 bits per heavy atom. The molecular formula is C10H16N2O6. The van der Waals surface area contributed by atoms with Crippen molar-refractivity contribution in [3.05, 3.63) is 0 Å². The highest BCUT2D eigenvalue weighted by Crippen LogP contribution is 1.98. The minimum absolute atomic E-state index is 0.343. The van der Waals surface area contributed by atoms with E-state index >= 15 is 0 Å². The Labute approximate surface area is 103 Å². The molecule has 8 heteroatoms. The van der Waals surface area contributed by atoms with Crippen molar-refractivity contribution < 1.29 is 29.4 Å². The second kappa shape index (κ2) is 7.38. The number of carbonyl (C=O) groups excluding carboxylic acids is 2. The van der Waals surface area contributed by atoms with E-state index in [4.69, 9.17) is 10.2 Å². The Kier molecular flexibility index (Phi) is 6.58. The first kappa shape index (κ1) is 16.0. The largest absolute Gasteiger partial charge is 0.481 e. The van der Waals surface area contributed by atoms with Gasteiger partial charge in [0.2, 0.25) is 5.91 Å². The maximum atomic E-state index is 11.6. The molecule has 0 aliphatic heterocycles. The van der Waals surface area contributed by atoms with E-state index in [-0.39, 0.29) is 12.2 Å². The van der Waals surface area contributed by atoms with Crippen molar-refractivity contribution in [2.24, 2.45) is 0 Å². The van der Waals surface area contributed by atoms with Gasteiger partial charge in [-0.2, -0.15) is 0 Å². The van der Waals surface area contributed by atoms with Crippen LogP contribution >= 0.6 is 0 Å². The normalized spacial score (nSPS) is 13.4. The smallest absolute Gasteiger partial charge is 0.326 e. The number of hydrogen-bond acceptors (Lipinski definition) is 5. The lowest BCUT2D eigenvalue weighted by Gasteiger charge is -2.18. The van der Waals surface area contributed by atoms with Crippen molar-refractivity contribution in [3.8, 4) is 0 Å². The molecule has 0 rings (SSSR count). The maximum Gasteiger partial charge on any atom is 0.326 e. The van der Waals surface area contributed by atoms with E-state index < -0.39 is 36.4 Å². The maximum absolute atomic E-state index is 11.6. The molecule has 0 aliphatic carbocycles. The van der Waals surface area contributed by atoms with E-state index in [1.807, 2.05) is 0 Å². The number of rotatable bonds is 8. The lowest BCUT2D eigenvalue weighted by molar-refractivity contribution is -0.144. The van der Waals surface area contributed by atoms with Crippen molar-refractivity contribution >= 4 is 23.6 Å². The third-order valence-corrected chi connectivity index (χ3v) is 2.15. The molecule has 1 amide bonds. The molecule has 4 N–H and O–H groups in total. The van der Waals surface area contributed by atoms with Gasteiger partial charge in [0.15, 0.2) is 0 Å². The van der Waals surface area contributed by atoms with E-state index in [1.54, 1.807) is 0 Å². The van der Waals surface area contributed by atoms with Crippen LogP contribution in [0.2, 0.25) is 0 Å². The molecule has 102 valence electrons. The van der Waals surface area contributed by atoms with Crippen LogP contribution in [0.3, 0.4) is 0 Å². The monoisotopic (exact) mass is 260 g/mol. The number of amides is 1. The summed E-state index contributed by atoms with van der Waals surface area (Å²) >= 11 is 0. The average molecular weight is 260 g/mol. The summed E-state index contributed by atoms with van der Waals surface area (Å²) < 4.78 is 0. The summed E-state index contributed by atoms with van der Waals surface area (Å²) in [6, 6.07) is -2.39. The van der Waals surface area contributed by atoms with E-state index in [9.17, 15) is 19.2 Å². The summed E-state index contributed by atoms with van der Waals surface area (Å²) in [5, 5.41) is 21.9. The number of hydrogen-bond donors (Lipinski definition) is 4. The van der Waals surface area contributed by atoms with Gasteiger partial charge in [0.05, 0.1) is 12.5 Å². The fraction of sp³-hybridized carbons (Fsp3) is 0.600. The summed E-state index contributed by atoms with van der Waals surface area (Å²) in [7, 11) is 1.38. The number of Topliss-reactive ketones (excluding diaryl/α,β-unsaturated/α-hetero) is 1. The second-order valence-electron chi connectivity index (χ2n) is 3.74. The predicted octanol–water partition coefficient (Wildman–Crippen LogP) is -1.40. The van der Waals surface area contributed by atoms with Crippen LogP contribution in [0.5, 0.6) is 0 Å². The second-order valence-corrected chi connectivity index (χ2v) is 3.74. The molecule has 0 saturated heterocycles. The number of carboxylic acids is 2. The average Bonchev–Trinajstić information content (AvgIpc) is 2.23. The van der Waals surface area contributed by atoms with E-state index in [0.29, 0.717) is 0 Å². The molecule has 0 saturated carbocycles. The first-order valence-corrected chi connectivity index (χ1v) is 5.19. The third-order valence-electron chi connectivity index (χ3n) is 2.15.